The number of amidine groups is 1. The number of pyridine rings is 3. The molecule has 2 N–H and O–H groups in total. The third kappa shape index (κ3) is 3.56. The van der Waals surface area contributed by atoms with Crippen molar-refractivity contribution in [2.24, 2.45) is 10.7 Å². The quantitative estimate of drug-likeness (QED) is 0.626. The fraction of sp³-hybridized carbons (Fsp3) is 0.364. The van der Waals surface area contributed by atoms with Crippen molar-refractivity contribution in [3.05, 3.63) is 65.1 Å². The number of nitrogens with zero attached hydrogens (tertiary/aromatic N) is 4. The molecule has 1 aliphatic heterocycles. The maximum atomic E-state index is 14.8. The van der Waals surface area contributed by atoms with Crippen LogP contribution in [0.15, 0.2) is 41.8 Å². The van der Waals surface area contributed by atoms with Crippen LogP contribution < -0.4 is 5.73 Å². The molecule has 0 saturated heterocycles. The molecular weight excluding hydrogens is 417 g/mol. The van der Waals surface area contributed by atoms with Gasteiger partial charge in [-0.15, -0.1) is 0 Å². The number of fused-ring (bicyclic) bond motifs is 1. The number of hydrogen-bond donors (Lipinski definition) is 1. The second-order valence-corrected chi connectivity index (χ2v) is 11.3. The van der Waals surface area contributed by atoms with Gasteiger partial charge in [0.15, 0.2) is 9.84 Å². The van der Waals surface area contributed by atoms with E-state index in [1.165, 1.54) is 20.0 Å². The van der Waals surface area contributed by atoms with Gasteiger partial charge in [0.05, 0.1) is 17.0 Å². The summed E-state index contributed by atoms with van der Waals surface area (Å²) in [6.07, 6.45) is 5.26. The van der Waals surface area contributed by atoms with E-state index in [0.717, 1.165) is 22.2 Å². The van der Waals surface area contributed by atoms with Gasteiger partial charge in [0, 0.05) is 36.0 Å². The van der Waals surface area contributed by atoms with Crippen LogP contribution in [0, 0.1) is 12.9 Å². The lowest BCUT2D eigenvalue weighted by atomic mass is 9.93. The van der Waals surface area contributed by atoms with E-state index in [9.17, 15) is 12.8 Å². The molecule has 3 aromatic heterocycles. The number of sulfone groups is 1. The van der Waals surface area contributed by atoms with Crippen LogP contribution in [0.5, 0.6) is 0 Å². The number of nitrogens with two attached hydrogens (primary N) is 1. The Kier molecular flexibility index (Phi) is 4.84. The molecule has 3 aromatic rings. The monoisotopic (exact) mass is 441 g/mol. The van der Waals surface area contributed by atoms with E-state index in [1.807, 2.05) is 19.1 Å². The Bertz CT molecular complexity index is 1340. The Morgan fingerprint density at radius 3 is 2.58 bits per heavy atom. The molecule has 4 rings (SSSR count). The number of aryl methyl sites for hydroxylation is 1. The summed E-state index contributed by atoms with van der Waals surface area (Å²) in [5.74, 6) is -1.16. The van der Waals surface area contributed by atoms with Crippen molar-refractivity contribution in [2.45, 2.75) is 44.4 Å². The molecule has 0 aromatic carbocycles. The number of rotatable bonds is 3. The van der Waals surface area contributed by atoms with Crippen LogP contribution in [0.3, 0.4) is 0 Å². The third-order valence-electron chi connectivity index (χ3n) is 5.89. The molecule has 0 amide bonds. The second-order valence-electron chi connectivity index (χ2n) is 8.74. The van der Waals surface area contributed by atoms with Gasteiger partial charge in [-0.1, -0.05) is 0 Å². The second kappa shape index (κ2) is 7.05. The summed E-state index contributed by atoms with van der Waals surface area (Å²) < 4.78 is 39.1. The smallest absolute Gasteiger partial charge is 0.218 e. The molecule has 4 heterocycles. The predicted octanol–water partition coefficient (Wildman–Crippen LogP) is 2.84. The normalized spacial score (nSPS) is 22.3. The molecule has 31 heavy (non-hydrogen) atoms. The van der Waals surface area contributed by atoms with Crippen molar-refractivity contribution in [1.29, 1.82) is 0 Å². The topological polar surface area (TPSA) is 111 Å². The minimum atomic E-state index is -3.66. The van der Waals surface area contributed by atoms with Gasteiger partial charge in [-0.25, -0.2) is 13.4 Å². The highest BCUT2D eigenvalue weighted by Gasteiger charge is 2.49. The van der Waals surface area contributed by atoms with E-state index in [0.29, 0.717) is 12.0 Å². The van der Waals surface area contributed by atoms with Gasteiger partial charge in [-0.05, 0) is 57.0 Å². The minimum absolute atomic E-state index is 0.0404. The third-order valence-corrected chi connectivity index (χ3v) is 8.60. The Labute approximate surface area is 180 Å². The SMILES string of the molecule is Cc1cnc2c(Cc3cnc(F)c(C4(C)CS(=O)(=O)C(C)(C)C(N)=N4)c3)nccc2c1. The average molecular weight is 442 g/mol. The van der Waals surface area contributed by atoms with Gasteiger partial charge in [-0.3, -0.25) is 15.0 Å². The molecular formula is C22H24FN5O2S. The summed E-state index contributed by atoms with van der Waals surface area (Å²) in [6.45, 7) is 6.55. The highest BCUT2D eigenvalue weighted by molar-refractivity contribution is 7.93. The van der Waals surface area contributed by atoms with Gasteiger partial charge in [0.25, 0.3) is 0 Å². The fourth-order valence-electron chi connectivity index (χ4n) is 3.80. The van der Waals surface area contributed by atoms with E-state index < -0.39 is 26.1 Å². The van der Waals surface area contributed by atoms with Gasteiger partial charge >= 0.3 is 0 Å². The van der Waals surface area contributed by atoms with E-state index in [4.69, 9.17) is 5.73 Å². The lowest BCUT2D eigenvalue weighted by Gasteiger charge is -2.37. The van der Waals surface area contributed by atoms with Crippen LogP contribution in [-0.2, 0) is 21.8 Å². The van der Waals surface area contributed by atoms with Gasteiger partial charge in [-0.2, -0.15) is 4.39 Å². The zero-order valence-electron chi connectivity index (χ0n) is 17.8. The van der Waals surface area contributed by atoms with Crippen molar-refractivity contribution in [1.82, 2.24) is 15.0 Å². The zero-order chi connectivity index (χ0) is 22.6. The first-order valence-electron chi connectivity index (χ1n) is 9.86. The average Bonchev–Trinajstić information content (AvgIpc) is 2.67. The van der Waals surface area contributed by atoms with Crippen LogP contribution >= 0.6 is 0 Å². The van der Waals surface area contributed by atoms with E-state index in [-0.39, 0.29) is 17.2 Å². The molecule has 0 saturated carbocycles. The lowest BCUT2D eigenvalue weighted by molar-refractivity contribution is 0.462. The summed E-state index contributed by atoms with van der Waals surface area (Å²) in [5.41, 5.74) is 7.92. The first-order valence-corrected chi connectivity index (χ1v) is 11.5. The Balaban J connectivity index is 1.78. The lowest BCUT2D eigenvalue weighted by Crippen LogP contribution is -2.55. The maximum Gasteiger partial charge on any atom is 0.218 e. The maximum absolute atomic E-state index is 14.8. The van der Waals surface area contributed by atoms with E-state index in [1.54, 1.807) is 25.4 Å². The Morgan fingerprint density at radius 1 is 1.13 bits per heavy atom. The largest absolute Gasteiger partial charge is 0.386 e. The van der Waals surface area contributed by atoms with E-state index in [2.05, 4.69) is 19.9 Å². The van der Waals surface area contributed by atoms with Gasteiger partial charge < -0.3 is 5.73 Å². The summed E-state index contributed by atoms with van der Waals surface area (Å²) in [4.78, 5) is 17.2. The van der Waals surface area contributed by atoms with Crippen LogP contribution in [0.25, 0.3) is 10.9 Å². The number of aromatic nitrogens is 3. The molecule has 0 aliphatic carbocycles. The predicted molar refractivity (Wildman–Crippen MR) is 118 cm³/mol. The summed E-state index contributed by atoms with van der Waals surface area (Å²) >= 11 is 0. The molecule has 7 nitrogen and oxygen atoms in total. The van der Waals surface area contributed by atoms with Crippen LogP contribution in [0.1, 0.15) is 43.2 Å². The molecule has 1 atom stereocenters. The molecule has 0 bridgehead atoms. The fourth-order valence-corrected chi connectivity index (χ4v) is 5.48. The molecule has 162 valence electrons. The first-order chi connectivity index (χ1) is 14.4. The minimum Gasteiger partial charge on any atom is -0.386 e. The highest BCUT2D eigenvalue weighted by Crippen LogP contribution is 2.37. The Morgan fingerprint density at radius 2 is 1.87 bits per heavy atom. The summed E-state index contributed by atoms with van der Waals surface area (Å²) in [6, 6.07) is 5.51. The van der Waals surface area contributed by atoms with E-state index >= 15 is 0 Å². The van der Waals surface area contributed by atoms with Crippen molar-refractivity contribution < 1.29 is 12.8 Å². The molecule has 9 heteroatoms. The zero-order valence-corrected chi connectivity index (χ0v) is 18.7. The van der Waals surface area contributed by atoms with Crippen molar-refractivity contribution in [3.63, 3.8) is 0 Å². The summed E-state index contributed by atoms with van der Waals surface area (Å²) in [7, 11) is -3.66. The van der Waals surface area contributed by atoms with Crippen molar-refractivity contribution >= 4 is 26.6 Å². The Hall–Kier alpha value is -2.94. The first kappa shape index (κ1) is 21.3. The molecule has 0 spiro atoms. The molecule has 1 unspecified atom stereocenters. The van der Waals surface area contributed by atoms with Crippen LogP contribution in [0.4, 0.5) is 4.39 Å². The molecule has 0 fully saturated rings. The standard InChI is InChI=1S/C22H24FN5O2S/c1-13-7-15-5-6-25-17(18(15)26-10-13)9-14-8-16(19(23)27-11-14)22(4)12-31(29,30)21(2,3)20(24)28-22/h5-8,10-11H,9,12H2,1-4H3,(H2,24,28). The number of halogens is 1. The van der Waals surface area contributed by atoms with Gasteiger partial charge in [0.1, 0.15) is 16.1 Å². The molecule has 1 aliphatic rings. The number of hydrogen-bond acceptors (Lipinski definition) is 7. The van der Waals surface area contributed by atoms with Crippen molar-refractivity contribution in [2.75, 3.05) is 5.75 Å². The summed E-state index contributed by atoms with van der Waals surface area (Å²) in [5, 5.41) is 0.963. The molecule has 0 radical (unpaired) electrons. The number of aliphatic imine (C=N–C) groups is 1. The van der Waals surface area contributed by atoms with Crippen molar-refractivity contribution in [3.8, 4) is 0 Å². The van der Waals surface area contributed by atoms with Crippen LogP contribution in [0.2, 0.25) is 0 Å². The van der Waals surface area contributed by atoms with Crippen LogP contribution in [-0.4, -0.2) is 39.7 Å². The van der Waals surface area contributed by atoms with Gasteiger partial charge in [0.2, 0.25) is 5.95 Å². The highest BCUT2D eigenvalue weighted by atomic mass is 32.2.